The summed E-state index contributed by atoms with van der Waals surface area (Å²) in [7, 11) is 0. The number of aromatic hydroxyl groups is 1. The first-order valence-corrected chi connectivity index (χ1v) is 13.0. The summed E-state index contributed by atoms with van der Waals surface area (Å²) < 4.78 is 11.4. The molecule has 0 radical (unpaired) electrons. The lowest BCUT2D eigenvalue weighted by molar-refractivity contribution is -0.131. The minimum atomic E-state index is -0.618. The van der Waals surface area contributed by atoms with Crippen LogP contribution in [0.2, 0.25) is 10.0 Å². The number of halogens is 2. The molecule has 0 aliphatic heterocycles. The average molecular weight is 548 g/mol. The van der Waals surface area contributed by atoms with E-state index >= 15 is 0 Å². The lowest BCUT2D eigenvalue weighted by atomic mass is 9.70. The molecule has 0 heterocycles. The number of amides is 1. The number of phenols is 1. The van der Waals surface area contributed by atoms with E-state index in [2.05, 4.69) is 20.8 Å². The van der Waals surface area contributed by atoms with E-state index in [1.165, 1.54) is 43.0 Å². The molecule has 0 spiro atoms. The number of hydrogen-bond acceptors (Lipinski definition) is 6. The van der Waals surface area contributed by atoms with Crippen molar-refractivity contribution in [2.75, 3.05) is 4.90 Å². The average Bonchev–Trinajstić information content (AvgIpc) is 3.13. The molecule has 2 aromatic rings. The monoisotopic (exact) mass is 547 g/mol. The van der Waals surface area contributed by atoms with Crippen molar-refractivity contribution < 1.29 is 29.0 Å². The van der Waals surface area contributed by atoms with Gasteiger partial charge in [0.1, 0.15) is 23.2 Å². The molecule has 198 valence electrons. The lowest BCUT2D eigenvalue weighted by Crippen LogP contribution is -2.38. The highest BCUT2D eigenvalue weighted by Crippen LogP contribution is 2.66. The molecule has 2 aromatic carbocycles. The first kappa shape index (κ1) is 27.3. The van der Waals surface area contributed by atoms with Gasteiger partial charge in [-0.25, -0.2) is 4.79 Å². The summed E-state index contributed by atoms with van der Waals surface area (Å²) in [6.07, 6.45) is 2.69. The lowest BCUT2D eigenvalue weighted by Gasteiger charge is -2.38. The standard InChI is InChI=1S/C28H31Cl2NO6/c1-15(32)31(14-17-10-19(29)12-22(30)25(17)34)20-6-7-21(23(13-20)36-16(2)33)26(35)37-24-11-18-8-9-28(24,5)27(18,3)4/h6-7,10,12-13,18,24,34H,8-9,11,14H2,1-5H3. The van der Waals surface area contributed by atoms with Crippen LogP contribution in [0, 0.1) is 16.7 Å². The molecule has 4 rings (SSSR count). The maximum absolute atomic E-state index is 13.3. The number of benzene rings is 2. The number of rotatable bonds is 6. The van der Waals surface area contributed by atoms with Crippen molar-refractivity contribution in [3.05, 3.63) is 51.5 Å². The molecule has 9 heteroatoms. The van der Waals surface area contributed by atoms with Gasteiger partial charge < -0.3 is 19.5 Å². The molecule has 3 unspecified atom stereocenters. The maximum atomic E-state index is 13.3. The van der Waals surface area contributed by atoms with E-state index in [4.69, 9.17) is 32.7 Å². The Morgan fingerprint density at radius 2 is 1.81 bits per heavy atom. The number of anilines is 1. The highest BCUT2D eigenvalue weighted by atomic mass is 35.5. The predicted molar refractivity (Wildman–Crippen MR) is 141 cm³/mol. The zero-order valence-electron chi connectivity index (χ0n) is 21.6. The fraction of sp³-hybridized carbons (Fsp3) is 0.464. The minimum absolute atomic E-state index is 0.0119. The third-order valence-corrected chi connectivity index (χ3v) is 9.04. The van der Waals surface area contributed by atoms with Crippen molar-refractivity contribution in [2.24, 2.45) is 16.7 Å². The van der Waals surface area contributed by atoms with Gasteiger partial charge in [-0.1, -0.05) is 44.0 Å². The van der Waals surface area contributed by atoms with Gasteiger partial charge in [0.25, 0.3) is 0 Å². The van der Waals surface area contributed by atoms with E-state index in [1.807, 2.05) is 0 Å². The second-order valence-corrected chi connectivity index (χ2v) is 11.6. The molecular formula is C28H31Cl2NO6. The fourth-order valence-corrected chi connectivity index (χ4v) is 6.42. The zero-order chi connectivity index (χ0) is 27.3. The summed E-state index contributed by atoms with van der Waals surface area (Å²) in [4.78, 5) is 39.1. The molecule has 2 aliphatic carbocycles. The van der Waals surface area contributed by atoms with Crippen molar-refractivity contribution in [1.29, 1.82) is 0 Å². The van der Waals surface area contributed by atoms with Crippen LogP contribution in [0.15, 0.2) is 30.3 Å². The highest BCUT2D eigenvalue weighted by molar-refractivity contribution is 6.35. The number of carbonyl (C=O) groups is 3. The number of hydrogen-bond donors (Lipinski definition) is 1. The molecule has 1 amide bonds. The molecular weight excluding hydrogens is 517 g/mol. The van der Waals surface area contributed by atoms with Crippen molar-refractivity contribution in [2.45, 2.75) is 66.5 Å². The van der Waals surface area contributed by atoms with Crippen molar-refractivity contribution in [3.63, 3.8) is 0 Å². The number of fused-ring (bicyclic) bond motifs is 2. The molecule has 7 nitrogen and oxygen atoms in total. The van der Waals surface area contributed by atoms with Crippen LogP contribution >= 0.6 is 23.2 Å². The fourth-order valence-electron chi connectivity index (χ4n) is 5.88. The Morgan fingerprint density at radius 3 is 2.38 bits per heavy atom. The molecule has 3 atom stereocenters. The molecule has 2 fully saturated rings. The Labute approximate surface area is 226 Å². The molecule has 37 heavy (non-hydrogen) atoms. The summed E-state index contributed by atoms with van der Waals surface area (Å²) in [5.74, 6) is -1.26. The van der Waals surface area contributed by atoms with Gasteiger partial charge in [-0.15, -0.1) is 0 Å². The Morgan fingerprint density at radius 1 is 1.11 bits per heavy atom. The summed E-state index contributed by atoms with van der Waals surface area (Å²) in [5, 5.41) is 10.7. The van der Waals surface area contributed by atoms with E-state index < -0.39 is 11.9 Å². The van der Waals surface area contributed by atoms with Crippen LogP contribution in [0.4, 0.5) is 5.69 Å². The smallest absolute Gasteiger partial charge is 0.342 e. The topological polar surface area (TPSA) is 93.1 Å². The van der Waals surface area contributed by atoms with E-state index in [1.54, 1.807) is 6.07 Å². The molecule has 1 N–H and O–H groups in total. The van der Waals surface area contributed by atoms with Gasteiger partial charge in [0.15, 0.2) is 0 Å². The van der Waals surface area contributed by atoms with Crippen LogP contribution in [0.1, 0.15) is 69.8 Å². The molecule has 2 aliphatic rings. The van der Waals surface area contributed by atoms with Crippen LogP contribution in [-0.2, 0) is 20.9 Å². The molecule has 2 bridgehead atoms. The van der Waals surface area contributed by atoms with Crippen molar-refractivity contribution >= 4 is 46.7 Å². The van der Waals surface area contributed by atoms with Crippen molar-refractivity contribution in [3.8, 4) is 11.5 Å². The zero-order valence-corrected chi connectivity index (χ0v) is 23.1. The summed E-state index contributed by atoms with van der Waals surface area (Å²) >= 11 is 12.1. The SMILES string of the molecule is CC(=O)Oc1cc(N(Cc2cc(Cl)cc(Cl)c2O)C(C)=O)ccc1C(=O)OC1CC2CCC1(C)C2(C)C. The third-order valence-electron chi connectivity index (χ3n) is 8.53. The van der Waals surface area contributed by atoms with Gasteiger partial charge in [-0.2, -0.15) is 0 Å². The van der Waals surface area contributed by atoms with Gasteiger partial charge in [-0.05, 0) is 54.9 Å². The number of ether oxygens (including phenoxy) is 2. The van der Waals surface area contributed by atoms with E-state index in [9.17, 15) is 19.5 Å². The second-order valence-electron chi connectivity index (χ2n) is 10.8. The van der Waals surface area contributed by atoms with E-state index in [0.717, 1.165) is 19.3 Å². The highest BCUT2D eigenvalue weighted by Gasteiger charge is 2.63. The third kappa shape index (κ3) is 4.91. The minimum Gasteiger partial charge on any atom is -0.506 e. The van der Waals surface area contributed by atoms with E-state index in [0.29, 0.717) is 22.2 Å². The Balaban J connectivity index is 1.64. The van der Waals surface area contributed by atoms with Crippen LogP contribution in [-0.4, -0.2) is 29.1 Å². The largest absolute Gasteiger partial charge is 0.506 e. The quantitative estimate of drug-likeness (QED) is 0.325. The van der Waals surface area contributed by atoms with Crippen LogP contribution in [0.3, 0.4) is 0 Å². The molecule has 0 saturated heterocycles. The second kappa shape index (κ2) is 9.84. The number of nitrogens with zero attached hydrogens (tertiary/aromatic N) is 1. The van der Waals surface area contributed by atoms with Crippen LogP contribution in [0.5, 0.6) is 11.5 Å². The van der Waals surface area contributed by atoms with Gasteiger partial charge >= 0.3 is 11.9 Å². The first-order chi connectivity index (χ1) is 17.2. The number of carbonyl (C=O) groups excluding carboxylic acids is 3. The Kier molecular flexibility index (Phi) is 7.25. The Hall–Kier alpha value is -2.77. The van der Waals surface area contributed by atoms with Gasteiger partial charge in [0.2, 0.25) is 5.91 Å². The maximum Gasteiger partial charge on any atom is 0.342 e. The Bertz CT molecular complexity index is 1280. The van der Waals surface area contributed by atoms with Crippen LogP contribution < -0.4 is 9.64 Å². The normalized spacial score (nSPS) is 23.5. The predicted octanol–water partition coefficient (Wildman–Crippen LogP) is 6.55. The van der Waals surface area contributed by atoms with Gasteiger partial charge in [-0.3, -0.25) is 9.59 Å². The van der Waals surface area contributed by atoms with Crippen molar-refractivity contribution in [1.82, 2.24) is 0 Å². The molecule has 0 aromatic heterocycles. The molecule has 2 saturated carbocycles. The number of phenolic OH excluding ortho intramolecular Hbond substituents is 1. The van der Waals surface area contributed by atoms with Gasteiger partial charge in [0.05, 0.1) is 11.6 Å². The summed E-state index contributed by atoms with van der Waals surface area (Å²) in [6, 6.07) is 7.40. The van der Waals surface area contributed by atoms with Gasteiger partial charge in [0, 0.05) is 41.6 Å². The number of esters is 2. The summed E-state index contributed by atoms with van der Waals surface area (Å²) in [6.45, 7) is 9.18. The first-order valence-electron chi connectivity index (χ1n) is 12.2. The van der Waals surface area contributed by atoms with Crippen LogP contribution in [0.25, 0.3) is 0 Å². The summed E-state index contributed by atoms with van der Waals surface area (Å²) in [5.41, 5.74) is 0.721. The van der Waals surface area contributed by atoms with E-state index in [-0.39, 0.29) is 51.5 Å².